The monoisotopic (exact) mass is 290 g/mol. The molecule has 0 unspecified atom stereocenters. The van der Waals surface area contributed by atoms with Gasteiger partial charge < -0.3 is 10.2 Å². The van der Waals surface area contributed by atoms with Crippen LogP contribution in [0, 0.1) is 6.92 Å². The van der Waals surface area contributed by atoms with Crippen LogP contribution in [0.25, 0.3) is 0 Å². The minimum atomic E-state index is 0.0922. The number of nitrogens with one attached hydrogen (secondary N) is 1. The number of carbonyl (C=O) groups is 1. The highest BCUT2D eigenvalue weighted by Gasteiger charge is 2.23. The highest BCUT2D eigenvalue weighted by molar-refractivity contribution is 5.99. The maximum absolute atomic E-state index is 12.7. The molecule has 0 bridgehead atoms. The minimum Gasteiger partial charge on any atom is -0.385 e. The first-order valence-electron chi connectivity index (χ1n) is 7.87. The Morgan fingerprint density at radius 2 is 2.00 bits per heavy atom. The van der Waals surface area contributed by atoms with Crippen molar-refractivity contribution in [3.05, 3.63) is 23.5 Å². The van der Waals surface area contributed by atoms with Crippen molar-refractivity contribution in [2.75, 3.05) is 44.6 Å². The van der Waals surface area contributed by atoms with E-state index in [9.17, 15) is 4.79 Å². The van der Waals surface area contributed by atoms with E-state index in [0.29, 0.717) is 5.56 Å². The molecule has 116 valence electrons. The zero-order valence-corrected chi connectivity index (χ0v) is 13.4. The summed E-state index contributed by atoms with van der Waals surface area (Å²) >= 11 is 0. The van der Waals surface area contributed by atoms with E-state index >= 15 is 0 Å². The van der Waals surface area contributed by atoms with Crippen LogP contribution >= 0.6 is 0 Å². The molecule has 1 saturated heterocycles. The van der Waals surface area contributed by atoms with Crippen molar-refractivity contribution in [1.82, 2.24) is 14.8 Å². The third kappa shape index (κ3) is 3.94. The van der Waals surface area contributed by atoms with E-state index in [0.717, 1.165) is 50.6 Å². The quantitative estimate of drug-likeness (QED) is 0.901. The second-order valence-electron chi connectivity index (χ2n) is 5.54. The number of pyridine rings is 1. The molecule has 0 radical (unpaired) electrons. The molecule has 1 aliphatic heterocycles. The maximum atomic E-state index is 12.7. The van der Waals surface area contributed by atoms with Gasteiger partial charge in [-0.2, -0.15) is 0 Å². The Hall–Kier alpha value is -1.62. The van der Waals surface area contributed by atoms with Gasteiger partial charge in [0.1, 0.15) is 0 Å². The summed E-state index contributed by atoms with van der Waals surface area (Å²) in [6, 6.07) is 1.95. The maximum Gasteiger partial charge on any atom is 0.257 e. The van der Waals surface area contributed by atoms with Gasteiger partial charge in [0.2, 0.25) is 0 Å². The van der Waals surface area contributed by atoms with Gasteiger partial charge in [0.25, 0.3) is 5.91 Å². The van der Waals surface area contributed by atoms with E-state index in [-0.39, 0.29) is 5.91 Å². The average Bonchev–Trinajstić information content (AvgIpc) is 2.48. The Morgan fingerprint density at radius 1 is 1.29 bits per heavy atom. The van der Waals surface area contributed by atoms with Crippen molar-refractivity contribution in [2.45, 2.75) is 27.2 Å². The van der Waals surface area contributed by atoms with Crippen molar-refractivity contribution < 1.29 is 4.79 Å². The molecular weight excluding hydrogens is 264 g/mol. The molecule has 1 fully saturated rings. The molecule has 0 atom stereocenters. The Labute approximate surface area is 127 Å². The first kappa shape index (κ1) is 15.8. The second-order valence-corrected chi connectivity index (χ2v) is 5.54. The van der Waals surface area contributed by atoms with Gasteiger partial charge >= 0.3 is 0 Å². The third-order valence-corrected chi connectivity index (χ3v) is 3.84. The smallest absolute Gasteiger partial charge is 0.257 e. The Balaban J connectivity index is 2.07. The molecule has 2 rings (SSSR count). The molecule has 1 aromatic rings. The average molecular weight is 290 g/mol. The molecule has 0 aliphatic carbocycles. The van der Waals surface area contributed by atoms with E-state index in [1.807, 2.05) is 24.8 Å². The lowest BCUT2D eigenvalue weighted by Crippen LogP contribution is -2.48. The van der Waals surface area contributed by atoms with Crippen molar-refractivity contribution >= 4 is 11.6 Å². The number of hydrogen-bond donors (Lipinski definition) is 1. The number of amides is 1. The number of carbonyl (C=O) groups excluding carboxylic acids is 1. The molecule has 1 aromatic heterocycles. The Morgan fingerprint density at radius 3 is 2.62 bits per heavy atom. The van der Waals surface area contributed by atoms with Crippen LogP contribution in [-0.2, 0) is 0 Å². The topological polar surface area (TPSA) is 48.5 Å². The van der Waals surface area contributed by atoms with Gasteiger partial charge in [-0.25, -0.2) is 0 Å². The number of nitrogens with zero attached hydrogens (tertiary/aromatic N) is 3. The predicted molar refractivity (Wildman–Crippen MR) is 85.8 cm³/mol. The lowest BCUT2D eigenvalue weighted by Gasteiger charge is -2.34. The fourth-order valence-electron chi connectivity index (χ4n) is 2.73. The van der Waals surface area contributed by atoms with Gasteiger partial charge in [-0.05, 0) is 32.9 Å². The summed E-state index contributed by atoms with van der Waals surface area (Å²) in [6.45, 7) is 11.6. The zero-order valence-electron chi connectivity index (χ0n) is 13.4. The number of aryl methyl sites for hydroxylation is 1. The van der Waals surface area contributed by atoms with Crippen molar-refractivity contribution in [1.29, 1.82) is 0 Å². The van der Waals surface area contributed by atoms with Crippen molar-refractivity contribution in [3.63, 3.8) is 0 Å². The van der Waals surface area contributed by atoms with Crippen LogP contribution in [0.2, 0.25) is 0 Å². The van der Waals surface area contributed by atoms with Gasteiger partial charge in [-0.15, -0.1) is 0 Å². The van der Waals surface area contributed by atoms with E-state index in [1.165, 1.54) is 6.42 Å². The van der Waals surface area contributed by atoms with Crippen LogP contribution in [0.3, 0.4) is 0 Å². The summed E-state index contributed by atoms with van der Waals surface area (Å²) in [4.78, 5) is 21.3. The highest BCUT2D eigenvalue weighted by Crippen LogP contribution is 2.18. The van der Waals surface area contributed by atoms with Crippen LogP contribution in [0.4, 0.5) is 5.69 Å². The van der Waals surface area contributed by atoms with Gasteiger partial charge in [0.05, 0.1) is 11.3 Å². The lowest BCUT2D eigenvalue weighted by atomic mass is 10.1. The van der Waals surface area contributed by atoms with Gasteiger partial charge in [0.15, 0.2) is 0 Å². The van der Waals surface area contributed by atoms with E-state index in [2.05, 4.69) is 22.1 Å². The summed E-state index contributed by atoms with van der Waals surface area (Å²) in [6.07, 6.45) is 2.87. The lowest BCUT2D eigenvalue weighted by molar-refractivity contribution is 0.0638. The van der Waals surface area contributed by atoms with Gasteiger partial charge in [-0.3, -0.25) is 14.7 Å². The molecule has 5 nitrogen and oxygen atoms in total. The molecule has 1 aliphatic rings. The molecule has 2 heterocycles. The highest BCUT2D eigenvalue weighted by atomic mass is 16.2. The summed E-state index contributed by atoms with van der Waals surface area (Å²) in [5.74, 6) is 0.0922. The number of piperazine rings is 1. The summed E-state index contributed by atoms with van der Waals surface area (Å²) in [7, 11) is 0. The fraction of sp³-hybridized carbons (Fsp3) is 0.625. The summed E-state index contributed by atoms with van der Waals surface area (Å²) < 4.78 is 0. The largest absolute Gasteiger partial charge is 0.385 e. The Kier molecular flexibility index (Phi) is 5.56. The Bertz CT molecular complexity index is 481. The van der Waals surface area contributed by atoms with Gasteiger partial charge in [-0.1, -0.05) is 6.92 Å². The first-order valence-corrected chi connectivity index (χ1v) is 7.87. The molecule has 0 saturated carbocycles. The molecule has 0 aromatic carbocycles. The van der Waals surface area contributed by atoms with Crippen LogP contribution in [-0.4, -0.2) is 60.0 Å². The number of hydrogen-bond acceptors (Lipinski definition) is 4. The SMILES string of the molecule is CCCN1CCN(C(=O)c2cnc(C)cc2NCC)CC1. The molecule has 1 N–H and O–H groups in total. The number of aromatic nitrogens is 1. The second kappa shape index (κ2) is 7.41. The third-order valence-electron chi connectivity index (χ3n) is 3.84. The van der Waals surface area contributed by atoms with E-state index in [1.54, 1.807) is 6.20 Å². The fourth-order valence-corrected chi connectivity index (χ4v) is 2.73. The van der Waals surface area contributed by atoms with Crippen LogP contribution in [0.5, 0.6) is 0 Å². The molecular formula is C16H26N4O. The molecule has 21 heavy (non-hydrogen) atoms. The minimum absolute atomic E-state index is 0.0922. The van der Waals surface area contributed by atoms with Gasteiger partial charge in [0, 0.05) is 44.6 Å². The van der Waals surface area contributed by atoms with Crippen molar-refractivity contribution in [3.8, 4) is 0 Å². The number of rotatable bonds is 5. The van der Waals surface area contributed by atoms with Crippen LogP contribution in [0.1, 0.15) is 36.3 Å². The summed E-state index contributed by atoms with van der Waals surface area (Å²) in [5, 5.41) is 3.27. The van der Waals surface area contributed by atoms with Crippen LogP contribution in [0.15, 0.2) is 12.3 Å². The van der Waals surface area contributed by atoms with Crippen LogP contribution < -0.4 is 5.32 Å². The molecule has 0 spiro atoms. The zero-order chi connectivity index (χ0) is 15.2. The standard InChI is InChI=1S/C16H26N4O/c1-4-6-19-7-9-20(10-8-19)16(21)14-12-18-13(3)11-15(14)17-5-2/h11-12H,4-10H2,1-3H3,(H,17,18). The molecule has 1 amide bonds. The van der Waals surface area contributed by atoms with E-state index < -0.39 is 0 Å². The molecule has 5 heteroatoms. The van der Waals surface area contributed by atoms with E-state index in [4.69, 9.17) is 0 Å². The number of anilines is 1. The predicted octanol–water partition coefficient (Wildman–Crippen LogP) is 1.99. The first-order chi connectivity index (χ1) is 10.2. The normalized spacial score (nSPS) is 16.0. The summed E-state index contributed by atoms with van der Waals surface area (Å²) in [5.41, 5.74) is 2.51. The van der Waals surface area contributed by atoms with Crippen molar-refractivity contribution in [2.24, 2.45) is 0 Å².